The van der Waals surface area contributed by atoms with Crippen molar-refractivity contribution in [2.45, 2.75) is 38.5 Å². The number of likely N-dealkylation sites (tertiary alicyclic amines) is 1. The number of hydrogen-bond donors (Lipinski definition) is 1. The Balaban J connectivity index is 1.41. The maximum atomic E-state index is 12.6. The molecule has 3 atom stereocenters. The number of carbonyl (C=O) groups excluding carboxylic acids is 1. The molecular formula is C15H24N2O. The van der Waals surface area contributed by atoms with E-state index in [1.165, 1.54) is 38.5 Å². The predicted octanol–water partition coefficient (Wildman–Crippen LogP) is 1.63. The van der Waals surface area contributed by atoms with Gasteiger partial charge in [-0.1, -0.05) is 12.8 Å². The third-order valence-corrected chi connectivity index (χ3v) is 6.02. The van der Waals surface area contributed by atoms with E-state index in [9.17, 15) is 4.79 Å². The van der Waals surface area contributed by atoms with Gasteiger partial charge in [0.1, 0.15) is 0 Å². The van der Waals surface area contributed by atoms with Gasteiger partial charge in [-0.05, 0) is 44.1 Å². The van der Waals surface area contributed by atoms with Gasteiger partial charge in [0.05, 0.1) is 0 Å². The highest BCUT2D eigenvalue weighted by Gasteiger charge is 2.57. The Bertz CT molecular complexity index is 350. The predicted molar refractivity (Wildman–Crippen MR) is 70.1 cm³/mol. The van der Waals surface area contributed by atoms with E-state index in [-0.39, 0.29) is 0 Å². The topological polar surface area (TPSA) is 32.3 Å². The van der Waals surface area contributed by atoms with E-state index in [1.54, 1.807) is 0 Å². The molecule has 18 heavy (non-hydrogen) atoms. The van der Waals surface area contributed by atoms with Gasteiger partial charge in [0.25, 0.3) is 0 Å². The second-order valence-electron chi connectivity index (χ2n) is 7.07. The van der Waals surface area contributed by atoms with E-state index in [4.69, 9.17) is 0 Å². The molecule has 1 N–H and O–H groups in total. The van der Waals surface area contributed by atoms with Crippen LogP contribution in [0.5, 0.6) is 0 Å². The van der Waals surface area contributed by atoms with Crippen LogP contribution in [0.2, 0.25) is 0 Å². The summed E-state index contributed by atoms with van der Waals surface area (Å²) in [5.74, 6) is 2.47. The molecule has 2 aliphatic carbocycles. The summed E-state index contributed by atoms with van der Waals surface area (Å²) < 4.78 is 0. The van der Waals surface area contributed by atoms with Gasteiger partial charge in [0.15, 0.2) is 0 Å². The van der Waals surface area contributed by atoms with Crippen molar-refractivity contribution in [2.75, 3.05) is 26.2 Å². The van der Waals surface area contributed by atoms with Crippen molar-refractivity contribution in [3.05, 3.63) is 0 Å². The zero-order valence-electron chi connectivity index (χ0n) is 11.2. The first-order chi connectivity index (χ1) is 8.79. The molecule has 3 nitrogen and oxygen atoms in total. The van der Waals surface area contributed by atoms with Crippen LogP contribution < -0.4 is 5.32 Å². The quantitative estimate of drug-likeness (QED) is 0.765. The number of amides is 1. The molecule has 0 bridgehead atoms. The van der Waals surface area contributed by atoms with Crippen molar-refractivity contribution in [1.82, 2.24) is 10.2 Å². The SMILES string of the molecule is O=C(C1C2CCCCC21)N1CCC2(CCNC2)C1. The minimum Gasteiger partial charge on any atom is -0.342 e. The van der Waals surface area contributed by atoms with Gasteiger partial charge in [-0.25, -0.2) is 0 Å². The molecule has 1 spiro atoms. The highest BCUT2D eigenvalue weighted by molar-refractivity contribution is 5.82. The van der Waals surface area contributed by atoms with Gasteiger partial charge in [-0.2, -0.15) is 0 Å². The van der Waals surface area contributed by atoms with Crippen molar-refractivity contribution in [3.8, 4) is 0 Å². The van der Waals surface area contributed by atoms with Gasteiger partial charge < -0.3 is 10.2 Å². The van der Waals surface area contributed by atoms with E-state index in [1.807, 2.05) is 0 Å². The van der Waals surface area contributed by atoms with Gasteiger partial charge in [-0.3, -0.25) is 4.79 Å². The first kappa shape index (κ1) is 11.3. The fraction of sp³-hybridized carbons (Fsp3) is 0.933. The second-order valence-corrected chi connectivity index (χ2v) is 7.07. The molecule has 2 saturated carbocycles. The highest BCUT2D eigenvalue weighted by Crippen LogP contribution is 2.56. The number of rotatable bonds is 1. The molecule has 0 aromatic rings. The van der Waals surface area contributed by atoms with Crippen LogP contribution in [-0.4, -0.2) is 37.0 Å². The molecule has 1 amide bonds. The average Bonchev–Trinajstić information content (AvgIpc) is 2.74. The summed E-state index contributed by atoms with van der Waals surface area (Å²) in [5.41, 5.74) is 0.440. The first-order valence-corrected chi connectivity index (χ1v) is 7.79. The van der Waals surface area contributed by atoms with Crippen molar-refractivity contribution >= 4 is 5.91 Å². The third-order valence-electron chi connectivity index (χ3n) is 6.02. The highest BCUT2D eigenvalue weighted by atomic mass is 16.2. The lowest BCUT2D eigenvalue weighted by atomic mass is 9.86. The van der Waals surface area contributed by atoms with Crippen molar-refractivity contribution in [1.29, 1.82) is 0 Å². The van der Waals surface area contributed by atoms with Crippen LogP contribution >= 0.6 is 0 Å². The van der Waals surface area contributed by atoms with E-state index in [0.717, 1.165) is 38.0 Å². The lowest BCUT2D eigenvalue weighted by molar-refractivity contribution is -0.132. The number of hydrogen-bond acceptors (Lipinski definition) is 2. The standard InChI is InChI=1S/C15H24N2O/c18-14(13-11-3-1-2-4-12(11)13)17-8-6-15(10-17)5-7-16-9-15/h11-13,16H,1-10H2. The fourth-order valence-corrected chi connectivity index (χ4v) is 4.84. The van der Waals surface area contributed by atoms with Crippen LogP contribution in [0.15, 0.2) is 0 Å². The van der Waals surface area contributed by atoms with Crippen LogP contribution in [-0.2, 0) is 4.79 Å². The maximum Gasteiger partial charge on any atom is 0.226 e. The molecule has 0 aromatic carbocycles. The maximum absolute atomic E-state index is 12.6. The molecule has 3 heteroatoms. The van der Waals surface area contributed by atoms with Crippen molar-refractivity contribution < 1.29 is 4.79 Å². The van der Waals surface area contributed by atoms with E-state index < -0.39 is 0 Å². The third kappa shape index (κ3) is 1.63. The Morgan fingerprint density at radius 3 is 2.61 bits per heavy atom. The lowest BCUT2D eigenvalue weighted by Crippen LogP contribution is -2.34. The molecule has 4 fully saturated rings. The van der Waals surface area contributed by atoms with Crippen LogP contribution in [0.3, 0.4) is 0 Å². The Hall–Kier alpha value is -0.570. The molecule has 0 aromatic heterocycles. The van der Waals surface area contributed by atoms with Crippen LogP contribution in [0.4, 0.5) is 0 Å². The number of fused-ring (bicyclic) bond motifs is 1. The summed E-state index contributed by atoms with van der Waals surface area (Å²) in [5, 5.41) is 3.47. The van der Waals surface area contributed by atoms with E-state index in [2.05, 4.69) is 10.2 Å². The summed E-state index contributed by atoms with van der Waals surface area (Å²) >= 11 is 0. The van der Waals surface area contributed by atoms with Gasteiger partial charge in [0, 0.05) is 31.0 Å². The normalized spacial score (nSPS) is 46.4. The summed E-state index contributed by atoms with van der Waals surface area (Å²) in [6, 6.07) is 0. The Labute approximate surface area is 109 Å². The zero-order chi connectivity index (χ0) is 12.2. The Kier molecular flexibility index (Phi) is 2.48. The number of carbonyl (C=O) groups is 1. The molecule has 2 saturated heterocycles. The van der Waals surface area contributed by atoms with Crippen molar-refractivity contribution in [2.24, 2.45) is 23.2 Å². The summed E-state index contributed by atoms with van der Waals surface area (Å²) in [6.45, 7) is 4.34. The minimum absolute atomic E-state index is 0.428. The van der Waals surface area contributed by atoms with Gasteiger partial charge in [0.2, 0.25) is 5.91 Å². The summed E-state index contributed by atoms with van der Waals surface area (Å²) in [6.07, 6.45) is 7.86. The molecule has 0 radical (unpaired) electrons. The van der Waals surface area contributed by atoms with Gasteiger partial charge >= 0.3 is 0 Å². The molecule has 3 unspecified atom stereocenters. The lowest BCUT2D eigenvalue weighted by Gasteiger charge is -2.23. The van der Waals surface area contributed by atoms with Crippen molar-refractivity contribution in [3.63, 3.8) is 0 Å². The summed E-state index contributed by atoms with van der Waals surface area (Å²) in [7, 11) is 0. The summed E-state index contributed by atoms with van der Waals surface area (Å²) in [4.78, 5) is 14.8. The molecular weight excluding hydrogens is 224 g/mol. The van der Waals surface area contributed by atoms with E-state index >= 15 is 0 Å². The molecule has 2 aliphatic heterocycles. The Morgan fingerprint density at radius 2 is 1.94 bits per heavy atom. The van der Waals surface area contributed by atoms with E-state index in [0.29, 0.717) is 17.2 Å². The van der Waals surface area contributed by atoms with Crippen LogP contribution in [0.25, 0.3) is 0 Å². The van der Waals surface area contributed by atoms with Crippen LogP contribution in [0.1, 0.15) is 38.5 Å². The molecule has 4 rings (SSSR count). The smallest absolute Gasteiger partial charge is 0.226 e. The fourth-order valence-electron chi connectivity index (χ4n) is 4.84. The molecule has 2 heterocycles. The van der Waals surface area contributed by atoms with Gasteiger partial charge in [-0.15, -0.1) is 0 Å². The minimum atomic E-state index is 0.428. The van der Waals surface area contributed by atoms with Crippen LogP contribution in [0, 0.1) is 23.2 Å². The number of nitrogens with one attached hydrogen (secondary N) is 1. The molecule has 100 valence electrons. The second kappa shape index (κ2) is 3.96. The monoisotopic (exact) mass is 248 g/mol. The zero-order valence-corrected chi connectivity index (χ0v) is 11.2. The molecule has 4 aliphatic rings. The average molecular weight is 248 g/mol. The first-order valence-electron chi connectivity index (χ1n) is 7.79. The number of nitrogens with zero attached hydrogens (tertiary/aromatic N) is 1. The Morgan fingerprint density at radius 1 is 1.17 bits per heavy atom. The largest absolute Gasteiger partial charge is 0.342 e.